The van der Waals surface area contributed by atoms with Crippen molar-refractivity contribution >= 4 is 11.8 Å². The fraction of sp³-hybridized carbons (Fsp3) is 0.167. The largest absolute Gasteiger partial charge is 0.423 e. The number of rotatable bonds is 8. The fourth-order valence-electron chi connectivity index (χ4n) is 2.85. The third-order valence-corrected chi connectivity index (χ3v) is 4.46. The third-order valence-electron chi connectivity index (χ3n) is 4.46. The van der Waals surface area contributed by atoms with E-state index in [1.807, 2.05) is 31.2 Å². The van der Waals surface area contributed by atoms with Crippen LogP contribution >= 0.6 is 0 Å². The van der Waals surface area contributed by atoms with Gasteiger partial charge in [0.2, 0.25) is 0 Å². The van der Waals surface area contributed by atoms with Gasteiger partial charge in [0.15, 0.2) is 5.78 Å². The number of Topliss-reactive ketones (excluding diaryl/α,β-unsaturated/α-hetero) is 1. The van der Waals surface area contributed by atoms with Gasteiger partial charge in [-0.3, -0.25) is 4.79 Å². The SMILES string of the molecule is C[C@H](NCCc1ccccc1)C(=O)c1ccc(OC(=O)c2ccccc2)cc1. The highest BCUT2D eigenvalue weighted by Gasteiger charge is 2.15. The molecule has 142 valence electrons. The van der Waals surface area contributed by atoms with Crippen LogP contribution in [0.2, 0.25) is 0 Å². The number of esters is 1. The van der Waals surface area contributed by atoms with Crippen LogP contribution < -0.4 is 10.1 Å². The van der Waals surface area contributed by atoms with Crippen molar-refractivity contribution in [2.24, 2.45) is 0 Å². The molecule has 0 spiro atoms. The summed E-state index contributed by atoms with van der Waals surface area (Å²) >= 11 is 0. The Hall–Kier alpha value is -3.24. The number of carbonyl (C=O) groups is 2. The highest BCUT2D eigenvalue weighted by atomic mass is 16.5. The molecular formula is C24H23NO3. The second-order valence-electron chi connectivity index (χ2n) is 6.56. The summed E-state index contributed by atoms with van der Waals surface area (Å²) < 4.78 is 5.34. The Kier molecular flexibility index (Phi) is 6.71. The molecule has 0 amide bonds. The average Bonchev–Trinajstić information content (AvgIpc) is 2.75. The predicted molar refractivity (Wildman–Crippen MR) is 110 cm³/mol. The van der Waals surface area contributed by atoms with E-state index in [0.717, 1.165) is 13.0 Å². The van der Waals surface area contributed by atoms with Crippen LogP contribution in [0.15, 0.2) is 84.9 Å². The highest BCUT2D eigenvalue weighted by Crippen LogP contribution is 2.15. The van der Waals surface area contributed by atoms with E-state index in [-0.39, 0.29) is 11.8 Å². The number of hydrogen-bond donors (Lipinski definition) is 1. The Morgan fingerprint density at radius 1 is 0.821 bits per heavy atom. The van der Waals surface area contributed by atoms with E-state index < -0.39 is 5.97 Å². The van der Waals surface area contributed by atoms with Gasteiger partial charge in [0.1, 0.15) is 5.75 Å². The second kappa shape index (κ2) is 9.62. The van der Waals surface area contributed by atoms with Crippen LogP contribution in [0.5, 0.6) is 5.75 Å². The molecule has 0 aliphatic heterocycles. The zero-order valence-electron chi connectivity index (χ0n) is 15.8. The number of carbonyl (C=O) groups excluding carboxylic acids is 2. The Morgan fingerprint density at radius 2 is 1.43 bits per heavy atom. The lowest BCUT2D eigenvalue weighted by Crippen LogP contribution is -2.35. The minimum Gasteiger partial charge on any atom is -0.423 e. The van der Waals surface area contributed by atoms with Crippen molar-refractivity contribution < 1.29 is 14.3 Å². The molecule has 0 aliphatic rings. The van der Waals surface area contributed by atoms with Crippen molar-refractivity contribution in [3.63, 3.8) is 0 Å². The van der Waals surface area contributed by atoms with Gasteiger partial charge in [-0.2, -0.15) is 0 Å². The summed E-state index contributed by atoms with van der Waals surface area (Å²) in [5.74, 6) is -0.000265. The maximum Gasteiger partial charge on any atom is 0.343 e. The Bertz CT molecular complexity index is 906. The molecule has 0 aliphatic carbocycles. The molecule has 0 aromatic heterocycles. The monoisotopic (exact) mass is 373 g/mol. The van der Waals surface area contributed by atoms with Gasteiger partial charge in [-0.15, -0.1) is 0 Å². The Morgan fingerprint density at radius 3 is 2.07 bits per heavy atom. The first-order valence-corrected chi connectivity index (χ1v) is 9.32. The Balaban J connectivity index is 1.52. The van der Waals surface area contributed by atoms with Gasteiger partial charge in [-0.25, -0.2) is 4.79 Å². The summed E-state index contributed by atoms with van der Waals surface area (Å²) in [6, 6.07) is 25.3. The van der Waals surface area contributed by atoms with Gasteiger partial charge in [0.05, 0.1) is 11.6 Å². The molecule has 4 heteroatoms. The maximum atomic E-state index is 12.6. The van der Waals surface area contributed by atoms with Crippen LogP contribution in [0.1, 0.15) is 33.2 Å². The Labute approximate surface area is 165 Å². The first kappa shape index (κ1) is 19.5. The quantitative estimate of drug-likeness (QED) is 0.363. The molecule has 0 bridgehead atoms. The van der Waals surface area contributed by atoms with E-state index in [4.69, 9.17) is 4.74 Å². The van der Waals surface area contributed by atoms with E-state index in [2.05, 4.69) is 17.4 Å². The first-order valence-electron chi connectivity index (χ1n) is 9.32. The molecule has 0 unspecified atom stereocenters. The van der Waals surface area contributed by atoms with Gasteiger partial charge in [-0.05, 0) is 61.9 Å². The second-order valence-corrected chi connectivity index (χ2v) is 6.56. The van der Waals surface area contributed by atoms with Crippen molar-refractivity contribution in [2.75, 3.05) is 6.54 Å². The topological polar surface area (TPSA) is 55.4 Å². The van der Waals surface area contributed by atoms with Gasteiger partial charge >= 0.3 is 5.97 Å². The molecule has 0 radical (unpaired) electrons. The van der Waals surface area contributed by atoms with E-state index in [9.17, 15) is 9.59 Å². The van der Waals surface area contributed by atoms with Crippen molar-refractivity contribution in [2.45, 2.75) is 19.4 Å². The smallest absolute Gasteiger partial charge is 0.343 e. The van der Waals surface area contributed by atoms with Crippen molar-refractivity contribution in [3.05, 3.63) is 102 Å². The van der Waals surface area contributed by atoms with Crippen LogP contribution in [0.25, 0.3) is 0 Å². The number of ether oxygens (including phenoxy) is 1. The van der Waals surface area contributed by atoms with Crippen LogP contribution in [-0.2, 0) is 6.42 Å². The summed E-state index contributed by atoms with van der Waals surface area (Å²) in [5, 5.41) is 3.26. The number of hydrogen-bond acceptors (Lipinski definition) is 4. The summed E-state index contributed by atoms with van der Waals surface area (Å²) in [7, 11) is 0. The van der Waals surface area contributed by atoms with Gasteiger partial charge in [0.25, 0.3) is 0 Å². The standard InChI is InChI=1S/C24H23NO3/c1-18(25-17-16-19-8-4-2-5-9-19)23(26)20-12-14-22(15-13-20)28-24(27)21-10-6-3-7-11-21/h2-15,18,25H,16-17H2,1H3/t18-/m0/s1. The highest BCUT2D eigenvalue weighted by molar-refractivity contribution is 6.00. The third kappa shape index (κ3) is 5.38. The van der Waals surface area contributed by atoms with E-state index in [0.29, 0.717) is 16.9 Å². The molecule has 0 fully saturated rings. The minimum atomic E-state index is -0.421. The molecular weight excluding hydrogens is 350 g/mol. The van der Waals surface area contributed by atoms with E-state index >= 15 is 0 Å². The summed E-state index contributed by atoms with van der Waals surface area (Å²) in [6.45, 7) is 2.58. The van der Waals surface area contributed by atoms with E-state index in [1.54, 1.807) is 48.5 Å². The van der Waals surface area contributed by atoms with Gasteiger partial charge < -0.3 is 10.1 Å². The zero-order chi connectivity index (χ0) is 19.8. The number of benzene rings is 3. The molecule has 0 saturated carbocycles. The van der Waals surface area contributed by atoms with Crippen molar-refractivity contribution in [1.82, 2.24) is 5.32 Å². The zero-order valence-corrected chi connectivity index (χ0v) is 15.8. The molecule has 1 atom stereocenters. The molecule has 0 heterocycles. The molecule has 28 heavy (non-hydrogen) atoms. The minimum absolute atomic E-state index is 0.00833. The van der Waals surface area contributed by atoms with Crippen molar-refractivity contribution in [1.29, 1.82) is 0 Å². The molecule has 0 saturated heterocycles. The molecule has 3 aromatic rings. The van der Waals surface area contributed by atoms with Crippen LogP contribution in [0.4, 0.5) is 0 Å². The fourth-order valence-corrected chi connectivity index (χ4v) is 2.85. The normalized spacial score (nSPS) is 11.6. The van der Waals surface area contributed by atoms with Gasteiger partial charge in [-0.1, -0.05) is 48.5 Å². The number of nitrogens with one attached hydrogen (secondary N) is 1. The van der Waals surface area contributed by atoms with Gasteiger partial charge in [0, 0.05) is 5.56 Å². The lowest BCUT2D eigenvalue weighted by molar-refractivity contribution is 0.0734. The summed E-state index contributed by atoms with van der Waals surface area (Å²) in [4.78, 5) is 24.6. The van der Waals surface area contributed by atoms with Crippen LogP contribution in [0.3, 0.4) is 0 Å². The molecule has 3 rings (SSSR count). The maximum absolute atomic E-state index is 12.6. The number of ketones is 1. The summed E-state index contributed by atoms with van der Waals surface area (Å²) in [5.41, 5.74) is 2.30. The van der Waals surface area contributed by atoms with Crippen LogP contribution in [-0.4, -0.2) is 24.3 Å². The summed E-state index contributed by atoms with van der Waals surface area (Å²) in [6.07, 6.45) is 0.868. The average molecular weight is 373 g/mol. The molecule has 4 nitrogen and oxygen atoms in total. The molecule has 3 aromatic carbocycles. The van der Waals surface area contributed by atoms with E-state index in [1.165, 1.54) is 5.56 Å². The predicted octanol–water partition coefficient (Wildman–Crippen LogP) is 4.31. The first-order chi connectivity index (χ1) is 13.6. The lowest BCUT2D eigenvalue weighted by atomic mass is 10.0. The lowest BCUT2D eigenvalue weighted by Gasteiger charge is -2.13. The van der Waals surface area contributed by atoms with Crippen LogP contribution in [0, 0.1) is 0 Å². The molecule has 1 N–H and O–H groups in total. The van der Waals surface area contributed by atoms with Crippen molar-refractivity contribution in [3.8, 4) is 5.75 Å².